The van der Waals surface area contributed by atoms with E-state index < -0.39 is 56.8 Å². The lowest BCUT2D eigenvalue weighted by Crippen LogP contribution is -2.66. The number of thioether (sulfide) groups is 1. The second-order valence-electron chi connectivity index (χ2n) is 8.67. The minimum absolute atomic E-state index is 0.00717. The highest BCUT2D eigenvalue weighted by molar-refractivity contribution is 8.03. The van der Waals surface area contributed by atoms with E-state index in [0.29, 0.717) is 11.8 Å². The fourth-order valence-electron chi connectivity index (χ4n) is 4.39. The third kappa shape index (κ3) is 5.94. The van der Waals surface area contributed by atoms with Crippen LogP contribution in [0.3, 0.4) is 0 Å². The zero-order chi connectivity index (χ0) is 29.9. The Kier molecular flexibility index (Phi) is 8.74. The van der Waals surface area contributed by atoms with Crippen LogP contribution < -0.4 is 10.6 Å². The third-order valence-electron chi connectivity index (χ3n) is 6.20. The van der Waals surface area contributed by atoms with Crippen LogP contribution in [0.25, 0.3) is 0 Å². The molecule has 3 atom stereocenters. The van der Waals surface area contributed by atoms with Crippen molar-refractivity contribution in [3.8, 4) is 6.07 Å². The average Bonchev–Trinajstić information content (AvgIpc) is 3.46. The van der Waals surface area contributed by atoms with Crippen molar-refractivity contribution in [1.29, 1.82) is 5.26 Å². The standard InChI is InChI=1S/C26H18ClF3N4O5S2/c27-16-7-2-1-6-14(16)21-15(12-31)24(41-13-20(35)32-17-8-3-4-9-18(17)34(38)39)33-25(37,26(28,29)30)22(21)23(36)19-10-5-11-40-19/h1-11,21-22,33,37H,13H2,(H,32,35)/t21-,22+,25+/m0/s1. The summed E-state index contributed by atoms with van der Waals surface area (Å²) in [5.74, 6) is -6.43. The second-order valence-corrected chi connectivity index (χ2v) is 11.0. The fourth-order valence-corrected chi connectivity index (χ4v) is 6.25. The number of hydrogen-bond acceptors (Lipinski definition) is 9. The number of hydrogen-bond donors (Lipinski definition) is 3. The van der Waals surface area contributed by atoms with Crippen molar-refractivity contribution in [2.75, 3.05) is 11.1 Å². The van der Waals surface area contributed by atoms with Crippen LogP contribution in [0.15, 0.2) is 76.6 Å². The minimum Gasteiger partial charge on any atom is -0.363 e. The van der Waals surface area contributed by atoms with Crippen molar-refractivity contribution in [2.24, 2.45) is 5.92 Å². The highest BCUT2D eigenvalue weighted by Crippen LogP contribution is 2.52. The van der Waals surface area contributed by atoms with E-state index in [9.17, 15) is 43.2 Å². The van der Waals surface area contributed by atoms with Crippen molar-refractivity contribution >= 4 is 57.8 Å². The van der Waals surface area contributed by atoms with Gasteiger partial charge in [-0.15, -0.1) is 11.3 Å². The topological polar surface area (TPSA) is 145 Å². The van der Waals surface area contributed by atoms with Crippen LogP contribution in [-0.4, -0.2) is 39.4 Å². The number of nitrogens with one attached hydrogen (secondary N) is 2. The number of carbonyl (C=O) groups excluding carboxylic acids is 2. The monoisotopic (exact) mass is 622 g/mol. The van der Waals surface area contributed by atoms with Gasteiger partial charge >= 0.3 is 6.18 Å². The van der Waals surface area contributed by atoms with Gasteiger partial charge in [0, 0.05) is 17.0 Å². The molecule has 15 heteroatoms. The van der Waals surface area contributed by atoms with Gasteiger partial charge in [-0.05, 0) is 29.1 Å². The molecule has 4 rings (SSSR count). The normalized spacial score (nSPS) is 20.6. The number of alkyl halides is 3. The summed E-state index contributed by atoms with van der Waals surface area (Å²) in [5, 5.41) is 37.8. The van der Waals surface area contributed by atoms with Gasteiger partial charge in [0.15, 0.2) is 5.78 Å². The Morgan fingerprint density at radius 1 is 1.20 bits per heavy atom. The minimum atomic E-state index is -5.43. The van der Waals surface area contributed by atoms with Crippen molar-refractivity contribution in [3.63, 3.8) is 0 Å². The van der Waals surface area contributed by atoms with Gasteiger partial charge in [-0.2, -0.15) is 18.4 Å². The number of thiophene rings is 1. The third-order valence-corrected chi connectivity index (χ3v) is 8.45. The van der Waals surface area contributed by atoms with Crippen LogP contribution in [-0.2, 0) is 4.79 Å². The Labute approximate surface area is 243 Å². The maximum absolute atomic E-state index is 14.6. The molecule has 0 bridgehead atoms. The molecule has 1 amide bonds. The summed E-state index contributed by atoms with van der Waals surface area (Å²) >= 11 is 7.67. The molecular formula is C26H18ClF3N4O5S2. The van der Waals surface area contributed by atoms with E-state index in [4.69, 9.17) is 11.6 Å². The molecule has 1 aromatic heterocycles. The smallest absolute Gasteiger partial charge is 0.363 e. The van der Waals surface area contributed by atoms with Crippen LogP contribution >= 0.6 is 34.7 Å². The molecule has 0 saturated carbocycles. The number of rotatable bonds is 8. The SMILES string of the molecule is N#CC1=C(SCC(=O)Nc2ccccc2[N+](=O)[O-])N[C@](O)(C(F)(F)F)[C@@H](C(=O)c2cccs2)[C@H]1c1ccccc1Cl. The van der Waals surface area contributed by atoms with E-state index in [1.165, 1.54) is 60.0 Å². The molecule has 0 saturated heterocycles. The summed E-state index contributed by atoms with van der Waals surface area (Å²) < 4.78 is 43.9. The Hall–Kier alpha value is -3.90. The number of nitrogens with zero attached hydrogens (tertiary/aromatic N) is 2. The summed E-state index contributed by atoms with van der Waals surface area (Å²) in [6.07, 6.45) is -5.43. The van der Waals surface area contributed by atoms with Crippen LogP contribution in [0.2, 0.25) is 5.02 Å². The number of anilines is 1. The predicted octanol–water partition coefficient (Wildman–Crippen LogP) is 5.85. The van der Waals surface area contributed by atoms with E-state index >= 15 is 0 Å². The molecule has 1 aliphatic rings. The van der Waals surface area contributed by atoms with Crippen LogP contribution in [0.1, 0.15) is 21.2 Å². The predicted molar refractivity (Wildman–Crippen MR) is 147 cm³/mol. The van der Waals surface area contributed by atoms with Gasteiger partial charge in [-0.1, -0.05) is 59.8 Å². The number of halogens is 4. The number of nitro groups is 1. The average molecular weight is 623 g/mol. The molecule has 9 nitrogen and oxygen atoms in total. The van der Waals surface area contributed by atoms with Gasteiger partial charge in [0.05, 0.1) is 38.1 Å². The maximum Gasteiger partial charge on any atom is 0.437 e. The number of nitro benzene ring substituents is 1. The van der Waals surface area contributed by atoms with Crippen molar-refractivity contribution in [2.45, 2.75) is 17.8 Å². The lowest BCUT2D eigenvalue weighted by atomic mass is 9.70. The molecule has 2 aromatic carbocycles. The summed E-state index contributed by atoms with van der Waals surface area (Å²) in [7, 11) is 0. The van der Waals surface area contributed by atoms with E-state index in [0.717, 1.165) is 17.4 Å². The maximum atomic E-state index is 14.6. The number of benzene rings is 2. The van der Waals surface area contributed by atoms with Gasteiger partial charge in [0.25, 0.3) is 5.69 Å². The molecule has 2 heterocycles. The number of nitriles is 1. The molecule has 1 aliphatic heterocycles. The number of carbonyl (C=O) groups is 2. The number of Topliss-reactive ketones (excluding diaryl/α,β-unsaturated/α-hetero) is 1. The number of ketones is 1. The molecule has 0 fully saturated rings. The van der Waals surface area contributed by atoms with E-state index in [-0.39, 0.29) is 26.7 Å². The van der Waals surface area contributed by atoms with Crippen LogP contribution in [0, 0.1) is 27.4 Å². The lowest BCUT2D eigenvalue weighted by molar-refractivity contribution is -0.383. The Morgan fingerprint density at radius 2 is 1.88 bits per heavy atom. The largest absolute Gasteiger partial charge is 0.437 e. The summed E-state index contributed by atoms with van der Waals surface area (Å²) in [6.45, 7) is 0. The molecule has 0 spiro atoms. The van der Waals surface area contributed by atoms with Gasteiger partial charge in [0.1, 0.15) is 5.69 Å². The van der Waals surface area contributed by atoms with Crippen LogP contribution in [0.5, 0.6) is 0 Å². The van der Waals surface area contributed by atoms with E-state index in [2.05, 4.69) is 5.32 Å². The zero-order valence-corrected chi connectivity index (χ0v) is 22.9. The number of amides is 1. The highest BCUT2D eigenvalue weighted by atomic mass is 35.5. The van der Waals surface area contributed by atoms with Crippen molar-refractivity contribution in [3.05, 3.63) is 102 Å². The Morgan fingerprint density at radius 3 is 2.49 bits per heavy atom. The van der Waals surface area contributed by atoms with Gasteiger partial charge in [-0.25, -0.2) is 0 Å². The molecule has 0 aliphatic carbocycles. The first kappa shape index (κ1) is 30.1. The first-order valence-electron chi connectivity index (χ1n) is 11.6. The molecule has 41 heavy (non-hydrogen) atoms. The summed E-state index contributed by atoms with van der Waals surface area (Å²) in [4.78, 5) is 36.7. The molecule has 0 radical (unpaired) electrons. The summed E-state index contributed by atoms with van der Waals surface area (Å²) in [6, 6.07) is 15.6. The van der Waals surface area contributed by atoms with Crippen LogP contribution in [0.4, 0.5) is 24.5 Å². The lowest BCUT2D eigenvalue weighted by Gasteiger charge is -2.45. The Bertz CT molecular complexity index is 1580. The molecule has 3 N–H and O–H groups in total. The second kappa shape index (κ2) is 11.9. The van der Waals surface area contributed by atoms with Gasteiger partial charge in [0.2, 0.25) is 11.6 Å². The summed E-state index contributed by atoms with van der Waals surface area (Å²) in [5.41, 5.74) is -4.78. The molecular weight excluding hydrogens is 605 g/mol. The number of para-hydroxylation sites is 2. The van der Waals surface area contributed by atoms with E-state index in [1.54, 1.807) is 0 Å². The zero-order valence-electron chi connectivity index (χ0n) is 20.5. The first-order valence-corrected chi connectivity index (χ1v) is 13.8. The van der Waals surface area contributed by atoms with Gasteiger partial charge in [-0.3, -0.25) is 19.7 Å². The molecule has 212 valence electrons. The van der Waals surface area contributed by atoms with E-state index in [1.807, 2.05) is 11.4 Å². The number of aliphatic hydroxyl groups is 1. The fraction of sp³-hybridized carbons (Fsp3) is 0.192. The van der Waals surface area contributed by atoms with Crippen molar-refractivity contribution < 1.29 is 32.8 Å². The highest BCUT2D eigenvalue weighted by Gasteiger charge is 2.66. The first-order chi connectivity index (χ1) is 19.4. The number of allylic oxidation sites excluding steroid dienone is 1. The van der Waals surface area contributed by atoms with Gasteiger partial charge < -0.3 is 15.7 Å². The van der Waals surface area contributed by atoms with Crippen molar-refractivity contribution in [1.82, 2.24) is 5.32 Å². The molecule has 0 unspecified atom stereocenters. The Balaban J connectivity index is 1.79. The molecule has 3 aromatic rings. The quantitative estimate of drug-likeness (QED) is 0.161.